The number of fused-ring (bicyclic) bond motifs is 1. The molecule has 1 aliphatic rings. The number of aryl methyl sites for hydroxylation is 1. The second-order valence-corrected chi connectivity index (χ2v) is 7.20. The molecule has 4 rings (SSSR count). The predicted molar refractivity (Wildman–Crippen MR) is 107 cm³/mol. The van der Waals surface area contributed by atoms with Crippen LogP contribution in [-0.2, 0) is 0 Å². The summed E-state index contributed by atoms with van der Waals surface area (Å²) >= 11 is 0. The highest BCUT2D eigenvalue weighted by Gasteiger charge is 2.24. The molecule has 4 nitrogen and oxygen atoms in total. The first kappa shape index (κ1) is 16.7. The monoisotopic (exact) mass is 347 g/mol. The fraction of sp³-hybridized carbons (Fsp3) is 0.318. The molecule has 3 N–H and O–H groups in total. The first-order chi connectivity index (χ1) is 12.7. The highest BCUT2D eigenvalue weighted by atomic mass is 16.1. The molecule has 0 bridgehead atoms. The zero-order valence-corrected chi connectivity index (χ0v) is 15.1. The SMILES string of the molecule is Cc1[nH]c2ccccc2c1C(=O)N[C@H]1CC[C@H](Nc2ccccc2)CC1. The van der Waals surface area contributed by atoms with Crippen LogP contribution in [0.25, 0.3) is 10.9 Å². The van der Waals surface area contributed by atoms with Crippen LogP contribution >= 0.6 is 0 Å². The van der Waals surface area contributed by atoms with Gasteiger partial charge in [-0.05, 0) is 50.8 Å². The van der Waals surface area contributed by atoms with E-state index in [9.17, 15) is 4.79 Å². The molecule has 0 atom stereocenters. The topological polar surface area (TPSA) is 56.9 Å². The molecular formula is C22H25N3O. The lowest BCUT2D eigenvalue weighted by Gasteiger charge is -2.30. The third-order valence-electron chi connectivity index (χ3n) is 5.33. The minimum absolute atomic E-state index is 0.0411. The van der Waals surface area contributed by atoms with Gasteiger partial charge in [-0.1, -0.05) is 36.4 Å². The fourth-order valence-corrected chi connectivity index (χ4v) is 3.98. The van der Waals surface area contributed by atoms with E-state index >= 15 is 0 Å². The summed E-state index contributed by atoms with van der Waals surface area (Å²) in [5.74, 6) is 0.0411. The highest BCUT2D eigenvalue weighted by molar-refractivity contribution is 6.08. The van der Waals surface area contributed by atoms with E-state index in [0.717, 1.165) is 47.8 Å². The van der Waals surface area contributed by atoms with Crippen molar-refractivity contribution >= 4 is 22.5 Å². The van der Waals surface area contributed by atoms with E-state index in [4.69, 9.17) is 0 Å². The molecule has 134 valence electrons. The Kier molecular flexibility index (Phi) is 4.65. The number of rotatable bonds is 4. The number of benzene rings is 2. The summed E-state index contributed by atoms with van der Waals surface area (Å²) in [4.78, 5) is 16.1. The van der Waals surface area contributed by atoms with Crippen molar-refractivity contribution in [1.29, 1.82) is 0 Å². The number of nitrogens with one attached hydrogen (secondary N) is 3. The largest absolute Gasteiger partial charge is 0.382 e. The van der Waals surface area contributed by atoms with Gasteiger partial charge in [-0.2, -0.15) is 0 Å². The number of carbonyl (C=O) groups excluding carboxylic acids is 1. The number of hydrogen-bond acceptors (Lipinski definition) is 2. The van der Waals surface area contributed by atoms with Crippen LogP contribution in [0.15, 0.2) is 54.6 Å². The van der Waals surface area contributed by atoms with Gasteiger partial charge in [0.25, 0.3) is 5.91 Å². The van der Waals surface area contributed by atoms with E-state index < -0.39 is 0 Å². The normalized spacial score (nSPS) is 20.0. The number of para-hydroxylation sites is 2. The summed E-state index contributed by atoms with van der Waals surface area (Å²) in [7, 11) is 0. The maximum absolute atomic E-state index is 12.8. The van der Waals surface area contributed by atoms with Crippen LogP contribution in [0.1, 0.15) is 41.7 Å². The first-order valence-corrected chi connectivity index (χ1v) is 9.40. The molecule has 1 saturated carbocycles. The summed E-state index contributed by atoms with van der Waals surface area (Å²) in [6, 6.07) is 19.1. The molecule has 1 heterocycles. The molecule has 0 radical (unpaired) electrons. The molecule has 4 heteroatoms. The van der Waals surface area contributed by atoms with Gasteiger partial charge in [0, 0.05) is 34.4 Å². The van der Waals surface area contributed by atoms with Gasteiger partial charge in [0.15, 0.2) is 0 Å². The van der Waals surface area contributed by atoms with Crippen LogP contribution in [0, 0.1) is 6.92 Å². The Hall–Kier alpha value is -2.75. The summed E-state index contributed by atoms with van der Waals surface area (Å²) in [6.45, 7) is 1.97. The minimum Gasteiger partial charge on any atom is -0.382 e. The van der Waals surface area contributed by atoms with Crippen LogP contribution in [0.2, 0.25) is 0 Å². The standard InChI is InChI=1S/C22H25N3O/c1-15-21(19-9-5-6-10-20(19)23-15)22(26)25-18-13-11-17(12-14-18)24-16-7-3-2-4-8-16/h2-10,17-18,23-24H,11-14H2,1H3,(H,25,26)/t17-,18-. The number of aromatic nitrogens is 1. The molecule has 1 aromatic heterocycles. The van der Waals surface area contributed by atoms with Crippen molar-refractivity contribution in [3.63, 3.8) is 0 Å². The third kappa shape index (κ3) is 3.45. The average molecular weight is 347 g/mol. The van der Waals surface area contributed by atoms with Gasteiger partial charge in [0.2, 0.25) is 0 Å². The Balaban J connectivity index is 1.37. The Morgan fingerprint density at radius 2 is 1.58 bits per heavy atom. The molecule has 1 amide bonds. The molecule has 3 aromatic rings. The third-order valence-corrected chi connectivity index (χ3v) is 5.33. The zero-order chi connectivity index (χ0) is 17.9. The van der Waals surface area contributed by atoms with Crippen LogP contribution in [0.4, 0.5) is 5.69 Å². The Labute approximate surface area is 154 Å². The molecular weight excluding hydrogens is 322 g/mol. The Morgan fingerprint density at radius 3 is 2.35 bits per heavy atom. The number of amides is 1. The number of carbonyl (C=O) groups is 1. The van der Waals surface area contributed by atoms with Gasteiger partial charge in [-0.3, -0.25) is 4.79 Å². The minimum atomic E-state index is 0.0411. The molecule has 0 aliphatic heterocycles. The van der Waals surface area contributed by atoms with Crippen LogP contribution in [0.5, 0.6) is 0 Å². The molecule has 1 fully saturated rings. The second-order valence-electron chi connectivity index (χ2n) is 7.20. The zero-order valence-electron chi connectivity index (χ0n) is 15.1. The van der Waals surface area contributed by atoms with Crippen LogP contribution < -0.4 is 10.6 Å². The molecule has 26 heavy (non-hydrogen) atoms. The second kappa shape index (κ2) is 7.24. The quantitative estimate of drug-likeness (QED) is 0.644. The summed E-state index contributed by atoms with van der Waals surface area (Å²) in [5.41, 5.74) is 3.91. The van der Waals surface area contributed by atoms with Crippen molar-refractivity contribution in [3.8, 4) is 0 Å². The lowest BCUT2D eigenvalue weighted by atomic mass is 9.90. The molecule has 0 spiro atoms. The molecule has 2 aromatic carbocycles. The van der Waals surface area contributed by atoms with Gasteiger partial charge < -0.3 is 15.6 Å². The van der Waals surface area contributed by atoms with Gasteiger partial charge in [0.05, 0.1) is 5.56 Å². The van der Waals surface area contributed by atoms with Gasteiger partial charge in [-0.15, -0.1) is 0 Å². The highest BCUT2D eigenvalue weighted by Crippen LogP contribution is 2.25. The van der Waals surface area contributed by atoms with E-state index in [1.54, 1.807) is 0 Å². The van der Waals surface area contributed by atoms with E-state index in [1.807, 2.05) is 37.3 Å². The number of anilines is 1. The van der Waals surface area contributed by atoms with Crippen molar-refractivity contribution < 1.29 is 4.79 Å². The van der Waals surface area contributed by atoms with Crippen LogP contribution in [-0.4, -0.2) is 23.0 Å². The number of H-pyrrole nitrogens is 1. The van der Waals surface area contributed by atoms with E-state index in [-0.39, 0.29) is 11.9 Å². The summed E-state index contributed by atoms with van der Waals surface area (Å²) in [5, 5.41) is 7.85. The van der Waals surface area contributed by atoms with Crippen molar-refractivity contribution in [2.45, 2.75) is 44.7 Å². The number of hydrogen-bond donors (Lipinski definition) is 3. The van der Waals surface area contributed by atoms with E-state index in [2.05, 4.69) is 39.9 Å². The lowest BCUT2D eigenvalue weighted by molar-refractivity contribution is 0.0927. The maximum Gasteiger partial charge on any atom is 0.253 e. The van der Waals surface area contributed by atoms with Crippen molar-refractivity contribution in [2.75, 3.05) is 5.32 Å². The van der Waals surface area contributed by atoms with Gasteiger partial charge >= 0.3 is 0 Å². The summed E-state index contributed by atoms with van der Waals surface area (Å²) < 4.78 is 0. The molecule has 0 saturated heterocycles. The summed E-state index contributed by atoms with van der Waals surface area (Å²) in [6.07, 6.45) is 4.18. The smallest absolute Gasteiger partial charge is 0.253 e. The van der Waals surface area contributed by atoms with Gasteiger partial charge in [0.1, 0.15) is 0 Å². The lowest BCUT2D eigenvalue weighted by Crippen LogP contribution is -2.40. The van der Waals surface area contributed by atoms with E-state index in [1.165, 1.54) is 5.69 Å². The predicted octanol–water partition coefficient (Wildman–Crippen LogP) is 4.63. The average Bonchev–Trinajstić information content (AvgIpc) is 3.00. The fourth-order valence-electron chi connectivity index (χ4n) is 3.98. The number of aromatic amines is 1. The van der Waals surface area contributed by atoms with E-state index in [0.29, 0.717) is 6.04 Å². The van der Waals surface area contributed by atoms with Crippen molar-refractivity contribution in [1.82, 2.24) is 10.3 Å². The first-order valence-electron chi connectivity index (χ1n) is 9.40. The van der Waals surface area contributed by atoms with Crippen LogP contribution in [0.3, 0.4) is 0 Å². The van der Waals surface area contributed by atoms with Crippen molar-refractivity contribution in [2.24, 2.45) is 0 Å². The van der Waals surface area contributed by atoms with Crippen molar-refractivity contribution in [3.05, 3.63) is 65.9 Å². The molecule has 0 unspecified atom stereocenters. The molecule has 1 aliphatic carbocycles. The Bertz CT molecular complexity index is 892. The maximum atomic E-state index is 12.8. The Morgan fingerprint density at radius 1 is 0.923 bits per heavy atom. The van der Waals surface area contributed by atoms with Gasteiger partial charge in [-0.25, -0.2) is 0 Å².